The van der Waals surface area contributed by atoms with Crippen LogP contribution in [0.5, 0.6) is 0 Å². The van der Waals surface area contributed by atoms with Crippen LogP contribution in [0.4, 0.5) is 5.69 Å². The Morgan fingerprint density at radius 2 is 2.07 bits per heavy atom. The maximum Gasteiger partial charge on any atom is 0.270 e. The number of carbonyl (C=O) groups excluding carboxylic acids is 2. The highest BCUT2D eigenvalue weighted by Crippen LogP contribution is 2.33. The number of thiocarbonyl (C=S) groups is 1. The normalized spacial score (nSPS) is 16.0. The topological polar surface area (TPSA) is 106 Å². The number of halogens is 1. The van der Waals surface area contributed by atoms with Gasteiger partial charge in [-0.1, -0.05) is 0 Å². The second-order valence-electron chi connectivity index (χ2n) is 5.49. The van der Waals surface area contributed by atoms with E-state index in [2.05, 4.69) is 21.2 Å². The Labute approximate surface area is 167 Å². The molecule has 1 aromatic carbocycles. The number of hydrogen-bond donors (Lipinski definition) is 1. The van der Waals surface area contributed by atoms with Gasteiger partial charge in [0.1, 0.15) is 17.1 Å². The lowest BCUT2D eigenvalue weighted by atomic mass is 10.1. The molecule has 2 amide bonds. The van der Waals surface area contributed by atoms with Gasteiger partial charge in [-0.05, 0) is 59.3 Å². The molecule has 0 radical (unpaired) electrons. The third kappa shape index (κ3) is 3.67. The summed E-state index contributed by atoms with van der Waals surface area (Å²) in [4.78, 5) is 36.1. The van der Waals surface area contributed by atoms with E-state index in [9.17, 15) is 19.7 Å². The first-order chi connectivity index (χ1) is 12.8. The number of nitrogens with one attached hydrogen (secondary N) is 1. The average molecular weight is 450 g/mol. The Morgan fingerprint density at radius 1 is 1.33 bits per heavy atom. The largest absolute Gasteiger partial charge is 0.457 e. The van der Waals surface area contributed by atoms with E-state index in [-0.39, 0.29) is 22.1 Å². The molecule has 0 aliphatic carbocycles. The van der Waals surface area contributed by atoms with Gasteiger partial charge in [-0.3, -0.25) is 29.9 Å². The van der Waals surface area contributed by atoms with Gasteiger partial charge in [0.2, 0.25) is 0 Å². The SMILES string of the molecule is CCN1C(=O)/C(=C\c2ccc(-c3ccc([N+](=O)[O-])cc3Br)o2)C(=O)NC1=S. The summed E-state index contributed by atoms with van der Waals surface area (Å²) < 4.78 is 6.17. The van der Waals surface area contributed by atoms with Gasteiger partial charge in [-0.25, -0.2) is 0 Å². The number of non-ortho nitro benzene ring substituents is 1. The first-order valence-corrected chi connectivity index (χ1v) is 8.95. The molecule has 1 aliphatic rings. The Morgan fingerprint density at radius 3 is 2.70 bits per heavy atom. The Balaban J connectivity index is 1.93. The van der Waals surface area contributed by atoms with Crippen molar-refractivity contribution in [3.05, 3.63) is 56.3 Å². The van der Waals surface area contributed by atoms with Crippen LogP contribution in [0.1, 0.15) is 12.7 Å². The van der Waals surface area contributed by atoms with Crippen LogP contribution in [-0.2, 0) is 9.59 Å². The second-order valence-corrected chi connectivity index (χ2v) is 6.73. The summed E-state index contributed by atoms with van der Waals surface area (Å²) in [7, 11) is 0. The number of likely N-dealkylation sites (N-methyl/N-ethyl adjacent to an activating group) is 1. The molecule has 10 heteroatoms. The highest BCUT2D eigenvalue weighted by atomic mass is 79.9. The van der Waals surface area contributed by atoms with Crippen molar-refractivity contribution in [2.45, 2.75) is 6.92 Å². The number of furan rings is 1. The number of carbonyl (C=O) groups is 2. The highest BCUT2D eigenvalue weighted by Gasteiger charge is 2.32. The summed E-state index contributed by atoms with van der Waals surface area (Å²) in [5.74, 6) is -0.377. The molecule has 0 atom stereocenters. The van der Waals surface area contributed by atoms with E-state index in [1.54, 1.807) is 25.1 Å². The molecule has 1 aliphatic heterocycles. The lowest BCUT2D eigenvalue weighted by molar-refractivity contribution is -0.384. The first kappa shape index (κ1) is 18.9. The van der Waals surface area contributed by atoms with Crippen molar-refractivity contribution in [3.8, 4) is 11.3 Å². The molecule has 3 rings (SSSR count). The van der Waals surface area contributed by atoms with Crippen LogP contribution in [0, 0.1) is 10.1 Å². The maximum atomic E-state index is 12.4. The predicted octanol–water partition coefficient (Wildman–Crippen LogP) is 3.26. The molecule has 0 unspecified atom stereocenters. The Kier molecular flexibility index (Phi) is 5.19. The molecular formula is C17H12BrN3O5S. The van der Waals surface area contributed by atoms with Crippen LogP contribution in [0.25, 0.3) is 17.4 Å². The average Bonchev–Trinajstić information content (AvgIpc) is 3.07. The zero-order valence-electron chi connectivity index (χ0n) is 13.9. The van der Waals surface area contributed by atoms with E-state index in [1.165, 1.54) is 23.1 Å². The van der Waals surface area contributed by atoms with Crippen LogP contribution in [0.15, 0.2) is 44.8 Å². The smallest absolute Gasteiger partial charge is 0.270 e. The van der Waals surface area contributed by atoms with E-state index >= 15 is 0 Å². The molecule has 0 bridgehead atoms. The first-order valence-electron chi connectivity index (χ1n) is 7.74. The van der Waals surface area contributed by atoms with Gasteiger partial charge >= 0.3 is 0 Å². The van der Waals surface area contributed by atoms with E-state index in [4.69, 9.17) is 16.6 Å². The van der Waals surface area contributed by atoms with Gasteiger partial charge < -0.3 is 4.42 Å². The summed E-state index contributed by atoms with van der Waals surface area (Å²) in [5.41, 5.74) is 0.453. The minimum absolute atomic E-state index is 0.0559. The van der Waals surface area contributed by atoms with Crippen molar-refractivity contribution in [1.29, 1.82) is 0 Å². The van der Waals surface area contributed by atoms with Gasteiger partial charge in [0.25, 0.3) is 17.5 Å². The van der Waals surface area contributed by atoms with Crippen molar-refractivity contribution in [3.63, 3.8) is 0 Å². The minimum Gasteiger partial charge on any atom is -0.457 e. The molecule has 1 aromatic heterocycles. The van der Waals surface area contributed by atoms with Crippen LogP contribution in [-0.4, -0.2) is 33.3 Å². The molecule has 8 nitrogen and oxygen atoms in total. The van der Waals surface area contributed by atoms with Crippen LogP contribution in [0.3, 0.4) is 0 Å². The third-order valence-corrected chi connectivity index (χ3v) is 4.82. The fourth-order valence-electron chi connectivity index (χ4n) is 2.52. The Bertz CT molecular complexity index is 1010. The highest BCUT2D eigenvalue weighted by molar-refractivity contribution is 9.10. The van der Waals surface area contributed by atoms with Gasteiger partial charge in [-0.15, -0.1) is 0 Å². The molecule has 0 saturated carbocycles. The minimum atomic E-state index is -0.593. The maximum absolute atomic E-state index is 12.4. The van der Waals surface area contributed by atoms with Crippen LogP contribution >= 0.6 is 28.1 Å². The molecule has 2 aromatic rings. The van der Waals surface area contributed by atoms with Gasteiger partial charge in [-0.2, -0.15) is 0 Å². The van der Waals surface area contributed by atoms with Crippen molar-refractivity contribution in [2.75, 3.05) is 6.54 Å². The van der Waals surface area contributed by atoms with E-state index in [1.807, 2.05) is 0 Å². The molecule has 1 N–H and O–H groups in total. The number of nitro benzene ring substituents is 1. The number of nitro groups is 1. The third-order valence-electron chi connectivity index (χ3n) is 3.84. The number of nitrogens with zero attached hydrogens (tertiary/aromatic N) is 2. The molecule has 27 heavy (non-hydrogen) atoms. The molecule has 2 heterocycles. The quantitative estimate of drug-likeness (QED) is 0.252. The van der Waals surface area contributed by atoms with Crippen molar-refractivity contribution in [2.24, 2.45) is 0 Å². The number of rotatable bonds is 4. The standard InChI is InChI=1S/C17H12BrN3O5S/c1-2-20-16(23)12(15(22)19-17(20)27)8-10-4-6-14(26-10)11-5-3-9(21(24)25)7-13(11)18/h3-8H,2H2,1H3,(H,19,22,27)/b12-8-. The summed E-state index contributed by atoms with van der Waals surface area (Å²) >= 11 is 8.26. The molecule has 0 spiro atoms. The van der Waals surface area contributed by atoms with Crippen molar-refractivity contribution >= 4 is 56.8 Å². The van der Waals surface area contributed by atoms with Gasteiger partial charge in [0.05, 0.1) is 4.92 Å². The fraction of sp³-hybridized carbons (Fsp3) is 0.118. The van der Waals surface area contributed by atoms with Crippen molar-refractivity contribution < 1.29 is 18.9 Å². The van der Waals surface area contributed by atoms with Crippen molar-refractivity contribution in [1.82, 2.24) is 10.2 Å². The summed E-state index contributed by atoms with van der Waals surface area (Å²) in [6, 6.07) is 7.52. The van der Waals surface area contributed by atoms with E-state index in [0.717, 1.165) is 0 Å². The predicted molar refractivity (Wildman–Crippen MR) is 105 cm³/mol. The number of benzene rings is 1. The molecule has 1 saturated heterocycles. The number of amides is 2. The van der Waals surface area contributed by atoms with E-state index < -0.39 is 16.7 Å². The van der Waals surface area contributed by atoms with Gasteiger partial charge in [0, 0.05) is 28.7 Å². The monoisotopic (exact) mass is 449 g/mol. The van der Waals surface area contributed by atoms with E-state index in [0.29, 0.717) is 22.3 Å². The number of hydrogen-bond acceptors (Lipinski definition) is 6. The van der Waals surface area contributed by atoms with Crippen LogP contribution < -0.4 is 5.32 Å². The fourth-order valence-corrected chi connectivity index (χ4v) is 3.38. The summed E-state index contributed by atoms with van der Waals surface area (Å²) in [5, 5.41) is 13.4. The molecule has 1 fully saturated rings. The zero-order valence-corrected chi connectivity index (χ0v) is 16.3. The molecular weight excluding hydrogens is 438 g/mol. The summed E-state index contributed by atoms with van der Waals surface area (Å²) in [6.07, 6.45) is 1.34. The second kappa shape index (κ2) is 7.41. The van der Waals surface area contributed by atoms with Gasteiger partial charge in [0.15, 0.2) is 5.11 Å². The Hall–Kier alpha value is -2.85. The lowest BCUT2D eigenvalue weighted by Gasteiger charge is -2.27. The van der Waals surface area contributed by atoms with Crippen LogP contribution in [0.2, 0.25) is 0 Å². The summed E-state index contributed by atoms with van der Waals surface area (Å²) in [6.45, 7) is 2.07. The lowest BCUT2D eigenvalue weighted by Crippen LogP contribution is -2.53. The molecule has 138 valence electrons. The zero-order chi connectivity index (χ0) is 19.7.